The van der Waals surface area contributed by atoms with Crippen molar-refractivity contribution in [1.82, 2.24) is 0 Å². The van der Waals surface area contributed by atoms with Gasteiger partial charge in [-0.05, 0) is 29.8 Å². The summed E-state index contributed by atoms with van der Waals surface area (Å²) >= 11 is 11.6. The minimum atomic E-state index is -1.09. The molecule has 0 unspecified atom stereocenters. The number of hydrogen-bond acceptors (Lipinski definition) is 3. The first-order chi connectivity index (χ1) is 11.3. The van der Waals surface area contributed by atoms with Crippen molar-refractivity contribution in [2.75, 3.05) is 11.9 Å². The van der Waals surface area contributed by atoms with Crippen LogP contribution >= 0.6 is 23.2 Å². The first kappa shape index (κ1) is 18.2. The van der Waals surface area contributed by atoms with Gasteiger partial charge < -0.3 is 10.1 Å². The van der Waals surface area contributed by atoms with Gasteiger partial charge in [0.05, 0.1) is 16.5 Å². The van der Waals surface area contributed by atoms with Gasteiger partial charge in [-0.2, -0.15) is 0 Å². The van der Waals surface area contributed by atoms with Gasteiger partial charge in [0, 0.05) is 11.8 Å². The van der Waals surface area contributed by atoms with E-state index in [9.17, 15) is 18.4 Å². The van der Waals surface area contributed by atoms with Crippen LogP contribution in [0.25, 0.3) is 0 Å². The molecule has 2 aromatic rings. The molecule has 2 rings (SSSR count). The third-order valence-corrected chi connectivity index (χ3v) is 3.64. The van der Waals surface area contributed by atoms with Crippen molar-refractivity contribution in [1.29, 1.82) is 0 Å². The maximum Gasteiger partial charge on any atom is 0.310 e. The van der Waals surface area contributed by atoms with Gasteiger partial charge in [-0.1, -0.05) is 29.3 Å². The van der Waals surface area contributed by atoms with Crippen LogP contribution in [0.2, 0.25) is 10.0 Å². The molecule has 0 aromatic heterocycles. The van der Waals surface area contributed by atoms with Gasteiger partial charge in [0.2, 0.25) is 0 Å². The summed E-state index contributed by atoms with van der Waals surface area (Å²) in [5, 5.41) is 2.95. The molecule has 0 saturated heterocycles. The molecule has 0 bridgehead atoms. The van der Waals surface area contributed by atoms with Gasteiger partial charge in [0.25, 0.3) is 5.91 Å². The maximum atomic E-state index is 13.0. The number of amides is 1. The SMILES string of the molecule is O=C(COC(=O)Cc1ccc(Cl)c(Cl)c1)Nc1ccc(F)c(F)c1. The van der Waals surface area contributed by atoms with Crippen LogP contribution in [0.15, 0.2) is 36.4 Å². The van der Waals surface area contributed by atoms with E-state index in [0.717, 1.165) is 12.1 Å². The Hall–Kier alpha value is -2.18. The van der Waals surface area contributed by atoms with Crippen molar-refractivity contribution in [2.45, 2.75) is 6.42 Å². The van der Waals surface area contributed by atoms with E-state index in [-0.39, 0.29) is 12.1 Å². The lowest BCUT2D eigenvalue weighted by Crippen LogP contribution is -2.21. The van der Waals surface area contributed by atoms with Crippen molar-refractivity contribution >= 4 is 40.8 Å². The van der Waals surface area contributed by atoms with E-state index < -0.39 is 30.1 Å². The van der Waals surface area contributed by atoms with Gasteiger partial charge in [-0.3, -0.25) is 9.59 Å². The Bertz CT molecular complexity index is 718. The van der Waals surface area contributed by atoms with Gasteiger partial charge >= 0.3 is 5.97 Å². The summed E-state index contributed by atoms with van der Waals surface area (Å²) in [6.07, 6.45) is -0.0880. The second-order valence-corrected chi connectivity index (χ2v) is 5.58. The molecule has 2 aromatic carbocycles. The molecular formula is C16H11Cl2F2NO3. The predicted molar refractivity (Wildman–Crippen MR) is 86.1 cm³/mol. The van der Waals surface area contributed by atoms with E-state index in [2.05, 4.69) is 5.32 Å². The predicted octanol–water partition coefficient (Wildman–Crippen LogP) is 4.00. The fourth-order valence-electron chi connectivity index (χ4n) is 1.78. The van der Waals surface area contributed by atoms with Crippen LogP contribution in [0.4, 0.5) is 14.5 Å². The lowest BCUT2D eigenvalue weighted by molar-refractivity contribution is -0.146. The molecule has 24 heavy (non-hydrogen) atoms. The maximum absolute atomic E-state index is 13.0. The second-order valence-electron chi connectivity index (χ2n) is 4.76. The fourth-order valence-corrected chi connectivity index (χ4v) is 2.10. The van der Waals surface area contributed by atoms with E-state index in [1.165, 1.54) is 12.1 Å². The molecule has 0 radical (unpaired) electrons. The quantitative estimate of drug-likeness (QED) is 0.806. The average Bonchev–Trinajstić information content (AvgIpc) is 2.53. The van der Waals surface area contributed by atoms with E-state index in [1.54, 1.807) is 12.1 Å². The van der Waals surface area contributed by atoms with Crippen molar-refractivity contribution in [2.24, 2.45) is 0 Å². The van der Waals surface area contributed by atoms with E-state index >= 15 is 0 Å². The molecule has 0 heterocycles. The Morgan fingerprint density at radius 1 is 1.00 bits per heavy atom. The molecule has 0 aliphatic carbocycles. The molecule has 1 amide bonds. The van der Waals surface area contributed by atoms with Crippen LogP contribution in [0.3, 0.4) is 0 Å². The summed E-state index contributed by atoms with van der Waals surface area (Å²) in [7, 11) is 0. The highest BCUT2D eigenvalue weighted by Gasteiger charge is 2.11. The van der Waals surface area contributed by atoms with Crippen molar-refractivity contribution in [3.8, 4) is 0 Å². The molecule has 0 spiro atoms. The van der Waals surface area contributed by atoms with Crippen LogP contribution in [0, 0.1) is 11.6 Å². The molecule has 0 aliphatic rings. The number of carbonyl (C=O) groups excluding carboxylic acids is 2. The molecule has 0 aliphatic heterocycles. The number of hydrogen-bond donors (Lipinski definition) is 1. The van der Waals surface area contributed by atoms with Gasteiger partial charge in [-0.15, -0.1) is 0 Å². The lowest BCUT2D eigenvalue weighted by Gasteiger charge is -2.07. The molecule has 0 saturated carbocycles. The van der Waals surface area contributed by atoms with Gasteiger partial charge in [-0.25, -0.2) is 8.78 Å². The summed E-state index contributed by atoms with van der Waals surface area (Å²) in [4.78, 5) is 23.3. The standard InChI is InChI=1S/C16H11Cl2F2NO3/c17-11-3-1-9(5-12(11)18)6-16(23)24-8-15(22)21-10-2-4-13(19)14(20)7-10/h1-5,7H,6,8H2,(H,21,22). The highest BCUT2D eigenvalue weighted by molar-refractivity contribution is 6.42. The fraction of sp³-hybridized carbons (Fsp3) is 0.125. The van der Waals surface area contributed by atoms with Crippen LogP contribution in [0.1, 0.15) is 5.56 Å². The smallest absolute Gasteiger partial charge is 0.310 e. The Kier molecular flexibility index (Phi) is 6.11. The minimum Gasteiger partial charge on any atom is -0.455 e. The van der Waals surface area contributed by atoms with Crippen LogP contribution in [0.5, 0.6) is 0 Å². The number of rotatable bonds is 5. The highest BCUT2D eigenvalue weighted by atomic mass is 35.5. The second kappa shape index (κ2) is 8.08. The molecule has 1 N–H and O–H groups in total. The monoisotopic (exact) mass is 373 g/mol. The topological polar surface area (TPSA) is 55.4 Å². The Labute approximate surface area is 146 Å². The number of halogens is 4. The first-order valence-corrected chi connectivity index (χ1v) is 7.45. The van der Waals surface area contributed by atoms with E-state index in [1.807, 2.05) is 0 Å². The summed E-state index contributed by atoms with van der Waals surface area (Å²) in [5.41, 5.74) is 0.634. The van der Waals surface area contributed by atoms with E-state index in [0.29, 0.717) is 15.6 Å². The molecule has 8 heteroatoms. The van der Waals surface area contributed by atoms with Crippen LogP contribution < -0.4 is 5.32 Å². The Balaban J connectivity index is 1.83. The first-order valence-electron chi connectivity index (χ1n) is 6.69. The lowest BCUT2D eigenvalue weighted by atomic mass is 10.1. The van der Waals surface area contributed by atoms with Crippen LogP contribution in [-0.2, 0) is 20.7 Å². The van der Waals surface area contributed by atoms with Crippen molar-refractivity contribution in [3.63, 3.8) is 0 Å². The zero-order chi connectivity index (χ0) is 17.7. The van der Waals surface area contributed by atoms with Crippen molar-refractivity contribution in [3.05, 3.63) is 63.6 Å². The number of ether oxygens (including phenoxy) is 1. The van der Waals surface area contributed by atoms with Crippen molar-refractivity contribution < 1.29 is 23.1 Å². The van der Waals surface area contributed by atoms with E-state index in [4.69, 9.17) is 27.9 Å². The molecule has 126 valence electrons. The number of anilines is 1. The highest BCUT2D eigenvalue weighted by Crippen LogP contribution is 2.22. The zero-order valence-electron chi connectivity index (χ0n) is 12.1. The number of benzene rings is 2. The molecular weight excluding hydrogens is 363 g/mol. The van der Waals surface area contributed by atoms with Crippen LogP contribution in [-0.4, -0.2) is 18.5 Å². The molecule has 0 fully saturated rings. The average molecular weight is 374 g/mol. The number of nitrogens with one attached hydrogen (secondary N) is 1. The molecule has 4 nitrogen and oxygen atoms in total. The van der Waals surface area contributed by atoms with Gasteiger partial charge in [0.1, 0.15) is 0 Å². The Morgan fingerprint density at radius 3 is 2.42 bits per heavy atom. The summed E-state index contributed by atoms with van der Waals surface area (Å²) in [5.74, 6) is -3.44. The normalized spacial score (nSPS) is 10.3. The number of esters is 1. The summed E-state index contributed by atoms with van der Waals surface area (Å²) in [6, 6.07) is 7.56. The van der Waals surface area contributed by atoms with Gasteiger partial charge in [0.15, 0.2) is 18.2 Å². The third kappa shape index (κ3) is 5.18. The number of carbonyl (C=O) groups is 2. The largest absolute Gasteiger partial charge is 0.455 e. The third-order valence-electron chi connectivity index (χ3n) is 2.90. The summed E-state index contributed by atoms with van der Waals surface area (Å²) in [6.45, 7) is -0.556. The zero-order valence-corrected chi connectivity index (χ0v) is 13.6. The molecule has 0 atom stereocenters. The summed E-state index contributed by atoms with van der Waals surface area (Å²) < 4.78 is 30.6. The Morgan fingerprint density at radius 2 is 1.75 bits per heavy atom. The minimum absolute atomic E-state index is 0.0550.